The van der Waals surface area contributed by atoms with Crippen molar-refractivity contribution < 1.29 is 4.92 Å². The molecule has 1 aliphatic heterocycles. The van der Waals surface area contributed by atoms with E-state index in [1.807, 2.05) is 23.1 Å². The lowest BCUT2D eigenvalue weighted by atomic mass is 10.3. The molecule has 1 aliphatic rings. The van der Waals surface area contributed by atoms with Gasteiger partial charge in [-0.2, -0.15) is 0 Å². The molecule has 0 atom stereocenters. The maximum Gasteiger partial charge on any atom is 0.329 e. The molecule has 0 radical (unpaired) electrons. The molecular formula is C13H14N6O2. The fraction of sp³-hybridized carbons (Fsp3) is 0.308. The lowest BCUT2D eigenvalue weighted by molar-refractivity contribution is -0.384. The van der Waals surface area contributed by atoms with E-state index >= 15 is 0 Å². The molecule has 108 valence electrons. The van der Waals surface area contributed by atoms with Gasteiger partial charge in [0, 0.05) is 32.4 Å². The van der Waals surface area contributed by atoms with Crippen molar-refractivity contribution in [3.05, 3.63) is 47.0 Å². The van der Waals surface area contributed by atoms with Crippen molar-refractivity contribution in [2.75, 3.05) is 36.0 Å². The molecule has 21 heavy (non-hydrogen) atoms. The Bertz CT molecular complexity index is 628. The van der Waals surface area contributed by atoms with Crippen molar-refractivity contribution in [2.24, 2.45) is 0 Å². The summed E-state index contributed by atoms with van der Waals surface area (Å²) in [5, 5.41) is 11.0. The highest BCUT2D eigenvalue weighted by Gasteiger charge is 2.25. The summed E-state index contributed by atoms with van der Waals surface area (Å²) in [6.45, 7) is 2.82. The van der Waals surface area contributed by atoms with Crippen LogP contribution >= 0.6 is 0 Å². The van der Waals surface area contributed by atoms with Gasteiger partial charge in [0.1, 0.15) is 18.3 Å². The molecule has 3 heterocycles. The minimum atomic E-state index is -0.444. The summed E-state index contributed by atoms with van der Waals surface area (Å²) in [6.07, 6.45) is 4.35. The second-order valence-corrected chi connectivity index (χ2v) is 4.65. The van der Waals surface area contributed by atoms with Crippen LogP contribution in [0.15, 0.2) is 36.9 Å². The van der Waals surface area contributed by atoms with Gasteiger partial charge in [0.15, 0.2) is 0 Å². The molecule has 0 amide bonds. The number of rotatable bonds is 3. The summed E-state index contributed by atoms with van der Waals surface area (Å²) in [5.74, 6) is 1.31. The molecule has 0 saturated carbocycles. The van der Waals surface area contributed by atoms with E-state index in [1.165, 1.54) is 12.5 Å². The van der Waals surface area contributed by atoms with Crippen molar-refractivity contribution in [1.29, 1.82) is 0 Å². The van der Waals surface area contributed by atoms with E-state index in [0.29, 0.717) is 18.9 Å². The highest BCUT2D eigenvalue weighted by Crippen LogP contribution is 2.25. The van der Waals surface area contributed by atoms with Crippen LogP contribution in [0.25, 0.3) is 0 Å². The lowest BCUT2D eigenvalue weighted by Gasteiger charge is -2.35. The van der Waals surface area contributed by atoms with Crippen molar-refractivity contribution in [3.63, 3.8) is 0 Å². The Morgan fingerprint density at radius 3 is 2.52 bits per heavy atom. The number of hydrogen-bond acceptors (Lipinski definition) is 7. The number of aromatic nitrogens is 3. The van der Waals surface area contributed by atoms with E-state index in [1.54, 1.807) is 6.20 Å². The Hall–Kier alpha value is -2.77. The van der Waals surface area contributed by atoms with E-state index in [2.05, 4.69) is 19.9 Å². The van der Waals surface area contributed by atoms with Crippen LogP contribution < -0.4 is 9.80 Å². The lowest BCUT2D eigenvalue weighted by Crippen LogP contribution is -2.47. The number of anilines is 2. The SMILES string of the molecule is O=[N+]([O-])c1cncnc1N1CCN(c2ccccn2)CC1. The van der Waals surface area contributed by atoms with Gasteiger partial charge < -0.3 is 9.80 Å². The largest absolute Gasteiger partial charge is 0.353 e. The summed E-state index contributed by atoms with van der Waals surface area (Å²) >= 11 is 0. The fourth-order valence-electron chi connectivity index (χ4n) is 2.38. The van der Waals surface area contributed by atoms with Gasteiger partial charge in [-0.3, -0.25) is 10.1 Å². The Labute approximate surface area is 121 Å². The van der Waals surface area contributed by atoms with Crippen molar-refractivity contribution >= 4 is 17.3 Å². The summed E-state index contributed by atoms with van der Waals surface area (Å²) in [6, 6.07) is 5.79. The van der Waals surface area contributed by atoms with Crippen LogP contribution in [-0.2, 0) is 0 Å². The summed E-state index contributed by atoms with van der Waals surface area (Å²) < 4.78 is 0. The average molecular weight is 286 g/mol. The standard InChI is InChI=1S/C13H14N6O2/c20-19(21)11-9-14-10-16-13(11)18-7-5-17(6-8-18)12-3-1-2-4-15-12/h1-4,9-10H,5-8H2. The quantitative estimate of drug-likeness (QED) is 0.616. The molecule has 0 aromatic carbocycles. The van der Waals surface area contributed by atoms with Crippen LogP contribution in [0, 0.1) is 10.1 Å². The van der Waals surface area contributed by atoms with Crippen LogP contribution in [0.4, 0.5) is 17.3 Å². The van der Waals surface area contributed by atoms with Gasteiger partial charge in [-0.1, -0.05) is 6.07 Å². The number of hydrogen-bond donors (Lipinski definition) is 0. The average Bonchev–Trinajstić information content (AvgIpc) is 2.56. The zero-order chi connectivity index (χ0) is 14.7. The van der Waals surface area contributed by atoms with Gasteiger partial charge in [0.05, 0.1) is 4.92 Å². The first-order valence-corrected chi connectivity index (χ1v) is 6.61. The van der Waals surface area contributed by atoms with Crippen LogP contribution in [-0.4, -0.2) is 46.1 Å². The number of piperazine rings is 1. The summed E-state index contributed by atoms with van der Waals surface area (Å²) in [7, 11) is 0. The first kappa shape index (κ1) is 13.2. The van der Waals surface area contributed by atoms with E-state index in [-0.39, 0.29) is 5.69 Å². The molecule has 3 rings (SSSR count). The second-order valence-electron chi connectivity index (χ2n) is 4.65. The highest BCUT2D eigenvalue weighted by atomic mass is 16.6. The molecule has 8 heteroatoms. The van der Waals surface area contributed by atoms with Crippen molar-refractivity contribution in [1.82, 2.24) is 15.0 Å². The number of nitrogens with zero attached hydrogens (tertiary/aromatic N) is 6. The van der Waals surface area contributed by atoms with Crippen LogP contribution in [0.1, 0.15) is 0 Å². The van der Waals surface area contributed by atoms with Gasteiger partial charge in [0.25, 0.3) is 0 Å². The predicted molar refractivity (Wildman–Crippen MR) is 77.3 cm³/mol. The molecule has 8 nitrogen and oxygen atoms in total. The van der Waals surface area contributed by atoms with Gasteiger partial charge in [0.2, 0.25) is 5.82 Å². The first-order valence-electron chi connectivity index (χ1n) is 6.61. The molecule has 0 bridgehead atoms. The third kappa shape index (κ3) is 2.73. The smallest absolute Gasteiger partial charge is 0.329 e. The monoisotopic (exact) mass is 286 g/mol. The molecule has 0 aliphatic carbocycles. The molecule has 2 aromatic heterocycles. The summed E-state index contributed by atoms with van der Waals surface area (Å²) in [5.41, 5.74) is -0.0520. The maximum absolute atomic E-state index is 11.0. The Morgan fingerprint density at radius 1 is 1.10 bits per heavy atom. The van der Waals surface area contributed by atoms with Gasteiger partial charge in [-0.15, -0.1) is 0 Å². The molecule has 0 spiro atoms. The Kier molecular flexibility index (Phi) is 3.59. The molecule has 2 aromatic rings. The van der Waals surface area contributed by atoms with E-state index in [0.717, 1.165) is 18.9 Å². The number of nitro groups is 1. The zero-order valence-corrected chi connectivity index (χ0v) is 11.3. The van der Waals surface area contributed by atoms with Crippen molar-refractivity contribution in [3.8, 4) is 0 Å². The van der Waals surface area contributed by atoms with Gasteiger partial charge >= 0.3 is 5.69 Å². The van der Waals surface area contributed by atoms with Crippen molar-refractivity contribution in [2.45, 2.75) is 0 Å². The molecule has 0 N–H and O–H groups in total. The van der Waals surface area contributed by atoms with E-state index in [4.69, 9.17) is 0 Å². The van der Waals surface area contributed by atoms with Crippen LogP contribution in [0.5, 0.6) is 0 Å². The summed E-state index contributed by atoms with van der Waals surface area (Å²) in [4.78, 5) is 26.8. The third-order valence-electron chi connectivity index (χ3n) is 3.42. The molecule has 0 unspecified atom stereocenters. The molecular weight excluding hydrogens is 272 g/mol. The van der Waals surface area contributed by atoms with Gasteiger partial charge in [-0.25, -0.2) is 15.0 Å². The highest BCUT2D eigenvalue weighted by molar-refractivity contribution is 5.57. The fourth-order valence-corrected chi connectivity index (χ4v) is 2.38. The Morgan fingerprint density at radius 2 is 1.86 bits per heavy atom. The zero-order valence-electron chi connectivity index (χ0n) is 11.3. The maximum atomic E-state index is 11.0. The van der Waals surface area contributed by atoms with Crippen LogP contribution in [0.2, 0.25) is 0 Å². The molecule has 1 fully saturated rings. The Balaban J connectivity index is 1.73. The first-order chi connectivity index (χ1) is 10.3. The van der Waals surface area contributed by atoms with E-state index < -0.39 is 4.92 Å². The predicted octanol–water partition coefficient (Wildman–Crippen LogP) is 1.11. The minimum Gasteiger partial charge on any atom is -0.353 e. The molecule has 1 saturated heterocycles. The van der Waals surface area contributed by atoms with E-state index in [9.17, 15) is 10.1 Å². The topological polar surface area (TPSA) is 88.3 Å². The minimum absolute atomic E-state index is 0.0520. The number of pyridine rings is 1. The van der Waals surface area contributed by atoms with Gasteiger partial charge in [-0.05, 0) is 12.1 Å². The third-order valence-corrected chi connectivity index (χ3v) is 3.42. The second kappa shape index (κ2) is 5.70. The normalized spacial score (nSPS) is 15.0. The van der Waals surface area contributed by atoms with Crippen LogP contribution in [0.3, 0.4) is 0 Å².